The molecule has 4 rings (SSSR count). The van der Waals surface area contributed by atoms with E-state index < -0.39 is 4.92 Å². The Hall–Kier alpha value is -4.02. The van der Waals surface area contributed by atoms with E-state index in [0.29, 0.717) is 31.9 Å². The Balaban J connectivity index is 1.32. The predicted molar refractivity (Wildman–Crippen MR) is 110 cm³/mol. The average Bonchev–Trinajstić information content (AvgIpc) is 3.20. The van der Waals surface area contributed by atoms with Crippen molar-refractivity contribution in [2.45, 2.75) is 0 Å². The van der Waals surface area contributed by atoms with Gasteiger partial charge in [-0.25, -0.2) is 4.79 Å². The maximum Gasteiger partial charge on any atom is 0.363 e. The van der Waals surface area contributed by atoms with Crippen LogP contribution in [0.4, 0.5) is 22.0 Å². The number of pyridine rings is 1. The number of nitrogens with one attached hydrogen (secondary N) is 1. The summed E-state index contributed by atoms with van der Waals surface area (Å²) in [6.45, 7) is 2.33. The van der Waals surface area contributed by atoms with E-state index in [1.165, 1.54) is 12.3 Å². The molecule has 30 heavy (non-hydrogen) atoms. The number of nitrogens with zero attached hydrogens (tertiary/aromatic N) is 7. The molecule has 2 amide bonds. The van der Waals surface area contributed by atoms with Crippen LogP contribution in [0.25, 0.3) is 11.4 Å². The molecule has 11 nitrogen and oxygen atoms in total. The Labute approximate surface area is 172 Å². The second-order valence-electron chi connectivity index (χ2n) is 6.88. The number of hydrogen-bond acceptors (Lipinski definition) is 7. The number of piperazine rings is 1. The number of rotatable bonds is 4. The summed E-state index contributed by atoms with van der Waals surface area (Å²) in [6, 6.07) is 10.3. The summed E-state index contributed by atoms with van der Waals surface area (Å²) in [6.07, 6.45) is 3.13. The fourth-order valence-corrected chi connectivity index (χ4v) is 3.29. The second-order valence-corrected chi connectivity index (χ2v) is 6.88. The minimum Gasteiger partial charge on any atom is -0.365 e. The molecule has 1 fully saturated rings. The summed E-state index contributed by atoms with van der Waals surface area (Å²) in [5, 5.41) is 21.6. The number of hydrogen-bond donors (Lipinski definition) is 1. The zero-order valence-corrected chi connectivity index (χ0v) is 16.3. The normalized spacial score (nSPS) is 13.9. The number of nitro groups is 1. The van der Waals surface area contributed by atoms with E-state index in [2.05, 4.69) is 25.4 Å². The van der Waals surface area contributed by atoms with Crippen LogP contribution in [0, 0.1) is 10.1 Å². The molecule has 1 aromatic carbocycles. The van der Waals surface area contributed by atoms with Gasteiger partial charge in [-0.1, -0.05) is 0 Å². The van der Waals surface area contributed by atoms with E-state index in [-0.39, 0.29) is 11.8 Å². The SMILES string of the molecule is Cn1cnnc1-c1ccc(NC(=O)N2CCN(c3ccc([N+](=O)[O-])nc3)CC2)cc1. The fraction of sp³-hybridized carbons (Fsp3) is 0.263. The monoisotopic (exact) mass is 408 g/mol. The summed E-state index contributed by atoms with van der Waals surface area (Å²) in [5.74, 6) is 0.576. The summed E-state index contributed by atoms with van der Waals surface area (Å²) in [7, 11) is 1.87. The van der Waals surface area contributed by atoms with Gasteiger partial charge in [0.15, 0.2) is 12.0 Å². The number of aryl methyl sites for hydroxylation is 1. The van der Waals surface area contributed by atoms with E-state index in [4.69, 9.17) is 0 Å². The highest BCUT2D eigenvalue weighted by molar-refractivity contribution is 5.89. The van der Waals surface area contributed by atoms with Gasteiger partial charge in [0.2, 0.25) is 0 Å². The number of carbonyl (C=O) groups excluding carboxylic acids is 1. The quantitative estimate of drug-likeness (QED) is 0.518. The minimum atomic E-state index is -0.522. The van der Waals surface area contributed by atoms with Crippen LogP contribution in [-0.4, -0.2) is 61.8 Å². The van der Waals surface area contributed by atoms with Crippen LogP contribution < -0.4 is 10.2 Å². The number of benzene rings is 1. The third-order valence-corrected chi connectivity index (χ3v) is 4.96. The highest BCUT2D eigenvalue weighted by Gasteiger charge is 2.22. The van der Waals surface area contributed by atoms with Crippen LogP contribution in [0.3, 0.4) is 0 Å². The molecule has 154 valence electrons. The molecular weight excluding hydrogens is 388 g/mol. The van der Waals surface area contributed by atoms with Crippen LogP contribution in [0.15, 0.2) is 48.9 Å². The predicted octanol–water partition coefficient (Wildman–Crippen LogP) is 2.14. The van der Waals surface area contributed by atoms with Crippen molar-refractivity contribution in [3.63, 3.8) is 0 Å². The second kappa shape index (κ2) is 8.15. The molecule has 0 bridgehead atoms. The Morgan fingerprint density at radius 3 is 2.40 bits per heavy atom. The first kappa shape index (κ1) is 19.3. The lowest BCUT2D eigenvalue weighted by atomic mass is 10.2. The largest absolute Gasteiger partial charge is 0.365 e. The van der Waals surface area contributed by atoms with Crippen molar-refractivity contribution < 1.29 is 9.72 Å². The third-order valence-electron chi connectivity index (χ3n) is 4.96. The molecule has 1 saturated heterocycles. The van der Waals surface area contributed by atoms with Gasteiger partial charge in [-0.05, 0) is 40.2 Å². The first-order valence-corrected chi connectivity index (χ1v) is 9.37. The molecule has 3 heterocycles. The summed E-state index contributed by atoms with van der Waals surface area (Å²) in [5.41, 5.74) is 2.42. The van der Waals surface area contributed by atoms with E-state index in [9.17, 15) is 14.9 Å². The van der Waals surface area contributed by atoms with Gasteiger partial charge in [0, 0.05) is 50.5 Å². The van der Waals surface area contributed by atoms with Gasteiger partial charge in [0.25, 0.3) is 0 Å². The molecule has 0 atom stereocenters. The molecule has 0 aliphatic carbocycles. The van der Waals surface area contributed by atoms with Gasteiger partial charge in [-0.3, -0.25) is 0 Å². The van der Waals surface area contributed by atoms with Crippen LogP contribution in [0.5, 0.6) is 0 Å². The van der Waals surface area contributed by atoms with Gasteiger partial charge >= 0.3 is 11.8 Å². The lowest BCUT2D eigenvalue weighted by Gasteiger charge is -2.35. The average molecular weight is 408 g/mol. The molecule has 0 radical (unpaired) electrons. The van der Waals surface area contributed by atoms with E-state index in [0.717, 1.165) is 17.1 Å². The first-order chi connectivity index (χ1) is 14.5. The Morgan fingerprint density at radius 2 is 1.83 bits per heavy atom. The lowest BCUT2D eigenvalue weighted by molar-refractivity contribution is -0.389. The van der Waals surface area contributed by atoms with E-state index in [1.54, 1.807) is 17.3 Å². The Morgan fingerprint density at radius 1 is 1.10 bits per heavy atom. The van der Waals surface area contributed by atoms with Crippen LogP contribution in [-0.2, 0) is 7.05 Å². The number of anilines is 2. The maximum absolute atomic E-state index is 12.6. The van der Waals surface area contributed by atoms with Crippen molar-refractivity contribution in [1.82, 2.24) is 24.6 Å². The molecule has 2 aromatic heterocycles. The van der Waals surface area contributed by atoms with Crippen molar-refractivity contribution in [3.8, 4) is 11.4 Å². The van der Waals surface area contributed by atoms with Crippen LogP contribution >= 0.6 is 0 Å². The zero-order chi connectivity index (χ0) is 21.1. The standard InChI is InChI=1S/C19H20N8O3/c1-24-13-21-23-18(24)14-2-4-15(5-3-14)22-19(28)26-10-8-25(9-11-26)16-6-7-17(20-12-16)27(29)30/h2-7,12-13H,8-11H2,1H3,(H,22,28). The number of carbonyl (C=O) groups is 1. The van der Waals surface area contributed by atoms with Crippen molar-refractivity contribution in [2.24, 2.45) is 7.05 Å². The molecule has 0 unspecified atom stereocenters. The molecule has 1 N–H and O–H groups in total. The molecule has 11 heteroatoms. The first-order valence-electron chi connectivity index (χ1n) is 9.37. The van der Waals surface area contributed by atoms with Crippen molar-refractivity contribution in [1.29, 1.82) is 0 Å². The highest BCUT2D eigenvalue weighted by Crippen LogP contribution is 2.20. The molecule has 0 spiro atoms. The molecule has 3 aromatic rings. The van der Waals surface area contributed by atoms with E-state index >= 15 is 0 Å². The molecular formula is C19H20N8O3. The third kappa shape index (κ3) is 4.04. The summed E-state index contributed by atoms with van der Waals surface area (Å²) >= 11 is 0. The smallest absolute Gasteiger partial charge is 0.363 e. The van der Waals surface area contributed by atoms with Gasteiger partial charge in [-0.2, -0.15) is 0 Å². The van der Waals surface area contributed by atoms with Gasteiger partial charge in [-0.15, -0.1) is 10.2 Å². The van der Waals surface area contributed by atoms with Crippen molar-refractivity contribution in [3.05, 3.63) is 59.0 Å². The summed E-state index contributed by atoms with van der Waals surface area (Å²) in [4.78, 5) is 30.4. The fourth-order valence-electron chi connectivity index (χ4n) is 3.29. The van der Waals surface area contributed by atoms with E-state index in [1.807, 2.05) is 35.9 Å². The zero-order valence-electron chi connectivity index (χ0n) is 16.3. The molecule has 1 aliphatic heterocycles. The number of aromatic nitrogens is 4. The van der Waals surface area contributed by atoms with Crippen LogP contribution in [0.1, 0.15) is 0 Å². The molecule has 0 saturated carbocycles. The topological polar surface area (TPSA) is 122 Å². The van der Waals surface area contributed by atoms with Crippen LogP contribution in [0.2, 0.25) is 0 Å². The summed E-state index contributed by atoms with van der Waals surface area (Å²) < 4.78 is 1.83. The minimum absolute atomic E-state index is 0.164. The number of urea groups is 1. The Kier molecular flexibility index (Phi) is 5.24. The van der Waals surface area contributed by atoms with Gasteiger partial charge in [0.05, 0.1) is 5.69 Å². The highest BCUT2D eigenvalue weighted by atomic mass is 16.6. The molecule has 1 aliphatic rings. The van der Waals surface area contributed by atoms with Gasteiger partial charge in [0.1, 0.15) is 6.33 Å². The van der Waals surface area contributed by atoms with Crippen molar-refractivity contribution >= 4 is 23.2 Å². The number of amides is 2. The maximum atomic E-state index is 12.6. The van der Waals surface area contributed by atoms with Crippen molar-refractivity contribution in [2.75, 3.05) is 36.4 Å². The lowest BCUT2D eigenvalue weighted by Crippen LogP contribution is -2.50. The Bertz CT molecular complexity index is 1040. The van der Waals surface area contributed by atoms with Gasteiger partial charge < -0.3 is 29.8 Å².